The number of benzene rings is 1. The van der Waals surface area contributed by atoms with Crippen molar-refractivity contribution in [3.05, 3.63) is 35.0 Å². The van der Waals surface area contributed by atoms with Crippen LogP contribution in [0, 0.1) is 6.92 Å². The van der Waals surface area contributed by atoms with Crippen molar-refractivity contribution in [2.75, 3.05) is 31.0 Å². The van der Waals surface area contributed by atoms with E-state index in [9.17, 15) is 13.2 Å². The Kier molecular flexibility index (Phi) is 4.57. The van der Waals surface area contributed by atoms with E-state index in [0.29, 0.717) is 23.7 Å². The third-order valence-electron chi connectivity index (χ3n) is 5.49. The maximum absolute atomic E-state index is 12.5. The summed E-state index contributed by atoms with van der Waals surface area (Å²) in [5.41, 5.74) is 2.52. The van der Waals surface area contributed by atoms with E-state index in [-0.39, 0.29) is 35.8 Å². The Hall–Kier alpha value is -2.55. The summed E-state index contributed by atoms with van der Waals surface area (Å²) in [6.45, 7) is 1.88. The summed E-state index contributed by atoms with van der Waals surface area (Å²) >= 11 is 0. The van der Waals surface area contributed by atoms with Crippen LogP contribution in [0.5, 0.6) is 11.5 Å². The molecule has 9 heteroatoms. The van der Waals surface area contributed by atoms with Gasteiger partial charge in [0, 0.05) is 23.5 Å². The smallest absolute Gasteiger partial charge is 0.226 e. The Morgan fingerprint density at radius 2 is 2.04 bits per heavy atom. The Morgan fingerprint density at radius 3 is 2.68 bits per heavy atom. The van der Waals surface area contributed by atoms with Crippen molar-refractivity contribution in [2.45, 2.75) is 31.7 Å². The zero-order valence-corrected chi connectivity index (χ0v) is 16.9. The van der Waals surface area contributed by atoms with Gasteiger partial charge in [-0.2, -0.15) is 5.10 Å². The second-order valence-electron chi connectivity index (χ2n) is 7.24. The molecule has 0 unspecified atom stereocenters. The third kappa shape index (κ3) is 3.03. The average molecular weight is 405 g/mol. The van der Waals surface area contributed by atoms with Crippen LogP contribution in [0.2, 0.25) is 0 Å². The number of hydrogen-bond donors (Lipinski definition) is 1. The van der Waals surface area contributed by atoms with Gasteiger partial charge in [-0.25, -0.2) is 13.1 Å². The van der Waals surface area contributed by atoms with Gasteiger partial charge in [0.05, 0.1) is 37.5 Å². The molecule has 0 aliphatic carbocycles. The number of carbonyl (C=O) groups is 1. The summed E-state index contributed by atoms with van der Waals surface area (Å²) in [6, 6.07) is 5.34. The second kappa shape index (κ2) is 6.80. The molecule has 2 aliphatic rings. The number of rotatable bonds is 4. The van der Waals surface area contributed by atoms with Gasteiger partial charge in [0.15, 0.2) is 21.3 Å². The molecule has 0 spiro atoms. The van der Waals surface area contributed by atoms with Crippen molar-refractivity contribution < 1.29 is 22.7 Å². The molecule has 1 fully saturated rings. The average Bonchev–Trinajstić information content (AvgIpc) is 3.19. The van der Waals surface area contributed by atoms with Crippen molar-refractivity contribution in [3.63, 3.8) is 0 Å². The van der Waals surface area contributed by atoms with E-state index in [2.05, 4.69) is 10.4 Å². The number of nitrogens with one attached hydrogen (secondary N) is 1. The zero-order valence-electron chi connectivity index (χ0n) is 16.1. The topological polar surface area (TPSA) is 99.5 Å². The van der Waals surface area contributed by atoms with Gasteiger partial charge in [-0.05, 0) is 19.4 Å². The molecule has 1 N–H and O–H groups in total. The molecule has 0 saturated carbocycles. The standard InChI is InChI=1S/C19H23N3O5S/c1-11-17-14(13-5-4-6-15(26-2)18(13)27-3)9-16(23)20-19(17)22(21-11)12-7-8-28(24,25)10-12/h4-6,12,14H,7-10H2,1-3H3,(H,20,23)/t12-,14+/m0/s1. The highest BCUT2D eigenvalue weighted by molar-refractivity contribution is 7.91. The molecule has 1 aromatic heterocycles. The van der Waals surface area contributed by atoms with Gasteiger partial charge >= 0.3 is 0 Å². The number of para-hydroxylation sites is 1. The first-order valence-electron chi connectivity index (χ1n) is 9.14. The van der Waals surface area contributed by atoms with Crippen LogP contribution in [0.25, 0.3) is 0 Å². The Balaban J connectivity index is 1.84. The quantitative estimate of drug-likeness (QED) is 0.836. The SMILES string of the molecule is COc1cccc([C@H]2CC(=O)Nc3c2c(C)nn3[C@H]2CCS(=O)(=O)C2)c1OC. The second-order valence-corrected chi connectivity index (χ2v) is 9.47. The zero-order chi connectivity index (χ0) is 20.1. The molecule has 1 amide bonds. The van der Waals surface area contributed by atoms with Crippen molar-refractivity contribution >= 4 is 21.6 Å². The Bertz CT molecular complexity index is 1040. The summed E-state index contributed by atoms with van der Waals surface area (Å²) in [6.07, 6.45) is 0.755. The number of carbonyl (C=O) groups excluding carboxylic acids is 1. The van der Waals surface area contributed by atoms with Crippen LogP contribution in [-0.4, -0.2) is 49.8 Å². The first-order chi connectivity index (χ1) is 13.3. The summed E-state index contributed by atoms with van der Waals surface area (Å²) < 4.78 is 36.5. The van der Waals surface area contributed by atoms with E-state index < -0.39 is 9.84 Å². The highest BCUT2D eigenvalue weighted by atomic mass is 32.2. The maximum Gasteiger partial charge on any atom is 0.226 e. The lowest BCUT2D eigenvalue weighted by atomic mass is 9.85. The van der Waals surface area contributed by atoms with Crippen LogP contribution < -0.4 is 14.8 Å². The number of anilines is 1. The van der Waals surface area contributed by atoms with E-state index >= 15 is 0 Å². The predicted octanol–water partition coefficient (Wildman–Crippen LogP) is 2.04. The summed E-state index contributed by atoms with van der Waals surface area (Å²) in [5.74, 6) is 1.58. The highest BCUT2D eigenvalue weighted by Crippen LogP contribution is 2.46. The number of amides is 1. The van der Waals surface area contributed by atoms with E-state index in [1.807, 2.05) is 25.1 Å². The molecule has 28 heavy (non-hydrogen) atoms. The molecule has 0 radical (unpaired) electrons. The lowest BCUT2D eigenvalue weighted by molar-refractivity contribution is -0.116. The maximum atomic E-state index is 12.5. The van der Waals surface area contributed by atoms with Gasteiger partial charge in [0.2, 0.25) is 5.91 Å². The van der Waals surface area contributed by atoms with E-state index in [1.165, 1.54) is 0 Å². The predicted molar refractivity (Wildman–Crippen MR) is 104 cm³/mol. The van der Waals surface area contributed by atoms with Gasteiger partial charge in [0.1, 0.15) is 5.82 Å². The molecule has 8 nitrogen and oxygen atoms in total. The molecular formula is C19H23N3O5S. The number of sulfone groups is 1. The first-order valence-corrected chi connectivity index (χ1v) is 11.0. The first kappa shape index (κ1) is 18.8. The number of aromatic nitrogens is 2. The molecule has 0 bridgehead atoms. The molecule has 2 atom stereocenters. The van der Waals surface area contributed by atoms with Crippen molar-refractivity contribution in [3.8, 4) is 11.5 Å². The summed E-state index contributed by atoms with van der Waals surface area (Å²) in [5, 5.41) is 7.53. The lowest BCUT2D eigenvalue weighted by Gasteiger charge is -2.27. The molecule has 1 aromatic carbocycles. The van der Waals surface area contributed by atoms with Gasteiger partial charge in [-0.3, -0.25) is 4.79 Å². The largest absolute Gasteiger partial charge is 0.493 e. The minimum Gasteiger partial charge on any atom is -0.493 e. The highest BCUT2D eigenvalue weighted by Gasteiger charge is 2.38. The fourth-order valence-electron chi connectivity index (χ4n) is 4.26. The summed E-state index contributed by atoms with van der Waals surface area (Å²) in [4.78, 5) is 12.5. The van der Waals surface area contributed by atoms with Gasteiger partial charge in [-0.15, -0.1) is 0 Å². The normalized spacial score (nSPS) is 23.2. The fraction of sp³-hybridized carbons (Fsp3) is 0.474. The number of ether oxygens (including phenoxy) is 2. The molecule has 2 aliphatic heterocycles. The third-order valence-corrected chi connectivity index (χ3v) is 7.24. The molecule has 2 aromatic rings. The number of hydrogen-bond acceptors (Lipinski definition) is 6. The molecule has 4 rings (SSSR count). The Morgan fingerprint density at radius 1 is 1.25 bits per heavy atom. The van der Waals surface area contributed by atoms with Crippen LogP contribution in [0.4, 0.5) is 5.82 Å². The molecule has 150 valence electrons. The molecule has 1 saturated heterocycles. The van der Waals surface area contributed by atoms with E-state index in [4.69, 9.17) is 9.47 Å². The summed E-state index contributed by atoms with van der Waals surface area (Å²) in [7, 11) is 0.0782. The van der Waals surface area contributed by atoms with Crippen LogP contribution >= 0.6 is 0 Å². The van der Waals surface area contributed by atoms with Gasteiger partial charge in [0.25, 0.3) is 0 Å². The monoisotopic (exact) mass is 405 g/mol. The van der Waals surface area contributed by atoms with Crippen molar-refractivity contribution in [1.82, 2.24) is 9.78 Å². The van der Waals surface area contributed by atoms with E-state index in [0.717, 1.165) is 16.8 Å². The molecule has 3 heterocycles. The number of nitrogens with zero attached hydrogens (tertiary/aromatic N) is 2. The van der Waals surface area contributed by atoms with Crippen molar-refractivity contribution in [1.29, 1.82) is 0 Å². The van der Waals surface area contributed by atoms with Crippen LogP contribution in [0.15, 0.2) is 18.2 Å². The fourth-order valence-corrected chi connectivity index (χ4v) is 5.95. The van der Waals surface area contributed by atoms with Gasteiger partial charge < -0.3 is 14.8 Å². The molecular weight excluding hydrogens is 382 g/mol. The van der Waals surface area contributed by atoms with Crippen LogP contribution in [-0.2, 0) is 14.6 Å². The Labute approximate surface area is 163 Å². The number of methoxy groups -OCH3 is 2. The lowest BCUT2D eigenvalue weighted by Crippen LogP contribution is -2.26. The van der Waals surface area contributed by atoms with Gasteiger partial charge in [-0.1, -0.05) is 12.1 Å². The number of aryl methyl sites for hydroxylation is 1. The minimum absolute atomic E-state index is 0.0452. The van der Waals surface area contributed by atoms with Crippen LogP contribution in [0.1, 0.15) is 41.6 Å². The minimum atomic E-state index is -3.07. The van der Waals surface area contributed by atoms with Crippen molar-refractivity contribution in [2.24, 2.45) is 0 Å². The number of fused-ring (bicyclic) bond motifs is 1. The van der Waals surface area contributed by atoms with Crippen LogP contribution in [0.3, 0.4) is 0 Å². The van der Waals surface area contributed by atoms with E-state index in [1.54, 1.807) is 18.9 Å².